The van der Waals surface area contributed by atoms with Gasteiger partial charge < -0.3 is 16.2 Å². The van der Waals surface area contributed by atoms with Crippen molar-refractivity contribution >= 4 is 22.8 Å². The second-order valence-electron chi connectivity index (χ2n) is 6.67. The van der Waals surface area contributed by atoms with E-state index >= 15 is 0 Å². The molecule has 2 aromatic heterocycles. The molecule has 0 aliphatic heterocycles. The maximum atomic E-state index is 9.51. The van der Waals surface area contributed by atoms with Crippen molar-refractivity contribution < 1.29 is 5.11 Å². The average Bonchev–Trinajstić information content (AvgIpc) is 2.88. The van der Waals surface area contributed by atoms with Gasteiger partial charge in [0, 0.05) is 6.07 Å². The van der Waals surface area contributed by atoms with Crippen LogP contribution in [0.4, 0.5) is 11.8 Å². The molecule has 0 spiro atoms. The number of hydrogen-bond donors (Lipinski definition) is 3. The van der Waals surface area contributed by atoms with Gasteiger partial charge in [-0.25, -0.2) is 15.0 Å². The summed E-state index contributed by atoms with van der Waals surface area (Å²) < 4.78 is 1.82. The first kappa shape index (κ1) is 17.2. The van der Waals surface area contributed by atoms with E-state index in [-0.39, 0.29) is 18.6 Å². The number of nitrogens with zero attached hydrogens (tertiary/aromatic N) is 4. The van der Waals surface area contributed by atoms with Crippen molar-refractivity contribution in [1.29, 1.82) is 0 Å². The molecule has 0 fully saturated rings. The number of benzene rings is 1. The number of imidazole rings is 1. The van der Waals surface area contributed by atoms with E-state index in [0.29, 0.717) is 17.6 Å². The molecule has 0 radical (unpaired) electrons. The Morgan fingerprint density at radius 2 is 1.88 bits per heavy atom. The minimum absolute atomic E-state index is 0.0334. The number of fused-ring (bicyclic) bond motifs is 1. The molecular weight excluding hydrogens is 316 g/mol. The first-order chi connectivity index (χ1) is 11.9. The number of rotatable bonds is 5. The van der Waals surface area contributed by atoms with E-state index in [1.807, 2.05) is 30.5 Å². The predicted octanol–water partition coefficient (Wildman–Crippen LogP) is 2.44. The second kappa shape index (κ2) is 6.68. The van der Waals surface area contributed by atoms with Crippen LogP contribution in [0.25, 0.3) is 16.9 Å². The zero-order valence-electron chi connectivity index (χ0n) is 15.0. The summed E-state index contributed by atoms with van der Waals surface area (Å²) in [4.78, 5) is 13.1. The molecule has 0 saturated carbocycles. The molecule has 7 nitrogen and oxygen atoms in total. The van der Waals surface area contributed by atoms with Crippen LogP contribution in [0.3, 0.4) is 0 Å². The van der Waals surface area contributed by atoms with Crippen molar-refractivity contribution in [2.45, 2.75) is 33.7 Å². The second-order valence-corrected chi connectivity index (χ2v) is 6.67. The van der Waals surface area contributed by atoms with Gasteiger partial charge in [0.25, 0.3) is 0 Å². The average molecular weight is 340 g/mol. The predicted molar refractivity (Wildman–Crippen MR) is 99.9 cm³/mol. The quantitative estimate of drug-likeness (QED) is 0.659. The van der Waals surface area contributed by atoms with Crippen LogP contribution in [0.5, 0.6) is 0 Å². The molecule has 1 unspecified atom stereocenters. The molecule has 25 heavy (non-hydrogen) atoms. The maximum absolute atomic E-state index is 9.51. The Morgan fingerprint density at radius 1 is 1.16 bits per heavy atom. The van der Waals surface area contributed by atoms with E-state index in [2.05, 4.69) is 40.2 Å². The molecule has 0 bridgehead atoms. The third kappa shape index (κ3) is 3.28. The summed E-state index contributed by atoms with van der Waals surface area (Å²) in [6.45, 7) is 8.23. The Bertz CT molecular complexity index is 902. The number of aromatic nitrogens is 4. The number of nitrogens with two attached hydrogens (primary N) is 1. The topological polar surface area (TPSA) is 102 Å². The van der Waals surface area contributed by atoms with Gasteiger partial charge in [-0.3, -0.25) is 4.57 Å². The lowest BCUT2D eigenvalue weighted by Gasteiger charge is -2.20. The summed E-state index contributed by atoms with van der Waals surface area (Å²) in [5.41, 5.74) is 10.2. The van der Waals surface area contributed by atoms with Gasteiger partial charge in [-0.1, -0.05) is 13.8 Å². The van der Waals surface area contributed by atoms with Crippen molar-refractivity contribution in [1.82, 2.24) is 19.5 Å². The van der Waals surface area contributed by atoms with E-state index in [1.54, 1.807) is 0 Å². The Balaban J connectivity index is 2.05. The minimum Gasteiger partial charge on any atom is -0.394 e. The molecule has 4 N–H and O–H groups in total. The molecule has 2 heterocycles. The van der Waals surface area contributed by atoms with Crippen LogP contribution in [0.1, 0.15) is 25.0 Å². The highest BCUT2D eigenvalue weighted by Gasteiger charge is 2.15. The van der Waals surface area contributed by atoms with Gasteiger partial charge in [0.2, 0.25) is 5.95 Å². The molecule has 7 heteroatoms. The van der Waals surface area contributed by atoms with Crippen LogP contribution in [-0.2, 0) is 0 Å². The third-order valence-corrected chi connectivity index (χ3v) is 4.51. The summed E-state index contributed by atoms with van der Waals surface area (Å²) in [5.74, 6) is 1.93. The highest BCUT2D eigenvalue weighted by Crippen LogP contribution is 2.25. The highest BCUT2D eigenvalue weighted by molar-refractivity contribution is 5.82. The smallest absolute Gasteiger partial charge is 0.207 e. The van der Waals surface area contributed by atoms with Crippen LogP contribution >= 0.6 is 0 Å². The molecule has 0 aliphatic carbocycles. The molecule has 3 aromatic rings. The first-order valence-corrected chi connectivity index (χ1v) is 8.35. The summed E-state index contributed by atoms with van der Waals surface area (Å²) in [6.07, 6.45) is 1.48. The molecule has 0 saturated heterocycles. The van der Waals surface area contributed by atoms with Gasteiger partial charge in [0.15, 0.2) is 0 Å². The lowest BCUT2D eigenvalue weighted by atomic mass is 10.1. The lowest BCUT2D eigenvalue weighted by molar-refractivity contribution is 0.249. The molecular formula is C18H24N6O. The number of nitrogens with one attached hydrogen (secondary N) is 1. The maximum Gasteiger partial charge on any atom is 0.207 e. The van der Waals surface area contributed by atoms with Crippen molar-refractivity contribution in [3.8, 4) is 5.82 Å². The fourth-order valence-electron chi connectivity index (χ4n) is 2.75. The molecule has 1 atom stereocenters. The largest absolute Gasteiger partial charge is 0.394 e. The molecule has 3 rings (SSSR count). The van der Waals surface area contributed by atoms with Gasteiger partial charge >= 0.3 is 0 Å². The molecule has 0 amide bonds. The monoisotopic (exact) mass is 340 g/mol. The van der Waals surface area contributed by atoms with Gasteiger partial charge in [0.05, 0.1) is 23.7 Å². The number of aryl methyl sites for hydroxylation is 2. The van der Waals surface area contributed by atoms with E-state index in [9.17, 15) is 5.11 Å². The number of nitrogen functional groups attached to an aromatic ring is 1. The Kier molecular flexibility index (Phi) is 4.59. The first-order valence-electron chi connectivity index (χ1n) is 8.35. The number of hydrogen-bond acceptors (Lipinski definition) is 6. The molecule has 0 aliphatic rings. The zero-order chi connectivity index (χ0) is 18.1. The molecule has 132 valence electrons. The summed E-state index contributed by atoms with van der Waals surface area (Å²) in [7, 11) is 0. The Labute approximate surface area is 146 Å². The van der Waals surface area contributed by atoms with Crippen LogP contribution in [0.15, 0.2) is 24.5 Å². The van der Waals surface area contributed by atoms with E-state index in [0.717, 1.165) is 11.0 Å². The fraction of sp³-hybridized carbons (Fsp3) is 0.389. The van der Waals surface area contributed by atoms with Crippen molar-refractivity contribution in [2.24, 2.45) is 5.92 Å². The van der Waals surface area contributed by atoms with Crippen LogP contribution in [0, 0.1) is 19.8 Å². The van der Waals surface area contributed by atoms with Crippen molar-refractivity contribution in [3.05, 3.63) is 35.7 Å². The summed E-state index contributed by atoms with van der Waals surface area (Å²) in [6, 6.07) is 5.83. The van der Waals surface area contributed by atoms with Crippen LogP contribution in [0.2, 0.25) is 0 Å². The standard InChI is InChI=1S/C18H24N6O/c1-10(2)14(8-25)22-16-7-17(21-9-20-16)24-15-6-12(4)11(3)5-13(15)23-18(24)19/h5-7,9-10,14,25H,8H2,1-4H3,(H2,19,23)(H,20,21,22). The minimum atomic E-state index is -0.0791. The number of aliphatic hydroxyl groups excluding tert-OH is 1. The van der Waals surface area contributed by atoms with Crippen molar-refractivity contribution in [2.75, 3.05) is 17.7 Å². The van der Waals surface area contributed by atoms with Gasteiger partial charge in [-0.2, -0.15) is 0 Å². The lowest BCUT2D eigenvalue weighted by Crippen LogP contribution is -2.29. The summed E-state index contributed by atoms with van der Waals surface area (Å²) in [5, 5.41) is 12.8. The van der Waals surface area contributed by atoms with E-state index in [4.69, 9.17) is 5.73 Å². The van der Waals surface area contributed by atoms with Gasteiger partial charge in [-0.15, -0.1) is 0 Å². The van der Waals surface area contributed by atoms with E-state index < -0.39 is 0 Å². The highest BCUT2D eigenvalue weighted by atomic mass is 16.3. The summed E-state index contributed by atoms with van der Waals surface area (Å²) >= 11 is 0. The van der Waals surface area contributed by atoms with Crippen molar-refractivity contribution in [3.63, 3.8) is 0 Å². The van der Waals surface area contributed by atoms with Crippen LogP contribution in [-0.4, -0.2) is 37.3 Å². The fourth-order valence-corrected chi connectivity index (χ4v) is 2.75. The molecule has 1 aromatic carbocycles. The zero-order valence-corrected chi connectivity index (χ0v) is 15.0. The number of aliphatic hydroxyl groups is 1. The van der Waals surface area contributed by atoms with Crippen LogP contribution < -0.4 is 11.1 Å². The van der Waals surface area contributed by atoms with E-state index in [1.165, 1.54) is 17.5 Å². The SMILES string of the molecule is Cc1cc2nc(N)n(-c3cc(NC(CO)C(C)C)ncn3)c2cc1C. The Morgan fingerprint density at radius 3 is 2.56 bits per heavy atom. The third-order valence-electron chi connectivity index (χ3n) is 4.51. The van der Waals surface area contributed by atoms with Gasteiger partial charge in [0.1, 0.15) is 18.0 Å². The number of anilines is 2. The Hall–Kier alpha value is -2.67. The normalized spacial score (nSPS) is 12.7. The van der Waals surface area contributed by atoms with Gasteiger partial charge in [-0.05, 0) is 43.0 Å².